The first-order valence-electron chi connectivity index (χ1n) is 9.01. The van der Waals surface area contributed by atoms with Crippen LogP contribution in [0.5, 0.6) is 5.88 Å². The van der Waals surface area contributed by atoms with Gasteiger partial charge in [-0.25, -0.2) is 9.78 Å². The molecule has 0 N–H and O–H groups in total. The fraction of sp³-hybridized carbons (Fsp3) is 0.500. The summed E-state index contributed by atoms with van der Waals surface area (Å²) in [4.78, 5) is 19.1. The molecule has 2 heterocycles. The maximum absolute atomic E-state index is 12.4. The van der Waals surface area contributed by atoms with Crippen LogP contribution in [-0.2, 0) is 9.47 Å². The molecule has 2 aromatic rings. The van der Waals surface area contributed by atoms with E-state index in [-0.39, 0.29) is 18.4 Å². The number of ether oxygens (including phenoxy) is 3. The van der Waals surface area contributed by atoms with Gasteiger partial charge in [0.25, 0.3) is 0 Å². The average Bonchev–Trinajstić information content (AvgIpc) is 2.65. The number of nitrogens with zero attached hydrogens (tertiary/aromatic N) is 2. The average molecular weight is 358 g/mol. The number of carbonyl (C=O) groups excluding carboxylic acids is 1. The molecular formula is C20H26N2O4. The fourth-order valence-corrected chi connectivity index (χ4v) is 3.23. The van der Waals surface area contributed by atoms with Gasteiger partial charge in [-0.2, -0.15) is 0 Å². The van der Waals surface area contributed by atoms with Gasteiger partial charge in [-0.15, -0.1) is 0 Å². The first-order valence-corrected chi connectivity index (χ1v) is 9.01. The van der Waals surface area contributed by atoms with Gasteiger partial charge in [0, 0.05) is 25.0 Å². The minimum Gasteiger partial charge on any atom is -0.481 e. The van der Waals surface area contributed by atoms with Crippen LogP contribution in [0.3, 0.4) is 0 Å². The zero-order valence-corrected chi connectivity index (χ0v) is 15.6. The lowest BCUT2D eigenvalue weighted by atomic mass is 10.1. The maximum atomic E-state index is 12.4. The summed E-state index contributed by atoms with van der Waals surface area (Å²) in [6, 6.07) is 9.39. The summed E-state index contributed by atoms with van der Waals surface area (Å²) in [7, 11) is 1.54. The number of esters is 1. The Kier molecular flexibility index (Phi) is 6.06. The van der Waals surface area contributed by atoms with Crippen molar-refractivity contribution in [2.75, 3.05) is 40.0 Å². The third-order valence-corrected chi connectivity index (χ3v) is 4.35. The van der Waals surface area contributed by atoms with Gasteiger partial charge in [-0.3, -0.25) is 4.90 Å². The molecule has 0 aliphatic carbocycles. The van der Waals surface area contributed by atoms with E-state index in [0.717, 1.165) is 30.4 Å². The highest BCUT2D eigenvalue weighted by Crippen LogP contribution is 2.24. The zero-order chi connectivity index (χ0) is 18.5. The van der Waals surface area contributed by atoms with Crippen molar-refractivity contribution >= 4 is 16.7 Å². The number of hydrogen-bond acceptors (Lipinski definition) is 6. The van der Waals surface area contributed by atoms with Crippen molar-refractivity contribution < 1.29 is 19.0 Å². The van der Waals surface area contributed by atoms with Crippen LogP contribution >= 0.6 is 0 Å². The van der Waals surface area contributed by atoms with E-state index in [1.165, 1.54) is 0 Å². The largest absolute Gasteiger partial charge is 0.481 e. The number of methoxy groups -OCH3 is 1. The predicted octanol–water partition coefficient (Wildman–Crippen LogP) is 2.76. The summed E-state index contributed by atoms with van der Waals surface area (Å²) in [6.45, 7) is 8.01. The number of hydrogen-bond donors (Lipinski definition) is 0. The number of benzene rings is 1. The highest BCUT2D eigenvalue weighted by Gasteiger charge is 2.23. The van der Waals surface area contributed by atoms with Crippen molar-refractivity contribution in [3.05, 3.63) is 36.0 Å². The van der Waals surface area contributed by atoms with E-state index in [9.17, 15) is 4.79 Å². The molecule has 1 aromatic carbocycles. The van der Waals surface area contributed by atoms with E-state index in [0.29, 0.717) is 18.4 Å². The summed E-state index contributed by atoms with van der Waals surface area (Å²) in [5.74, 6) is 0.566. The van der Waals surface area contributed by atoms with Crippen LogP contribution < -0.4 is 4.74 Å². The molecule has 140 valence electrons. The molecule has 1 aliphatic rings. The molecule has 1 unspecified atom stereocenters. The third-order valence-electron chi connectivity index (χ3n) is 4.35. The second-order valence-electron chi connectivity index (χ2n) is 6.98. The molecule has 1 aromatic heterocycles. The maximum Gasteiger partial charge on any atom is 0.357 e. The minimum atomic E-state index is -0.460. The number of fused-ring (bicyclic) bond motifs is 1. The van der Waals surface area contributed by atoms with Crippen molar-refractivity contribution in [2.45, 2.75) is 20.0 Å². The standard InChI is InChI=1S/C20H26N2O4/c1-14(2)11-22-8-9-25-16(12-22)13-26-20(23)18-10-15-6-4-5-7-17(15)19(21-18)24-3/h4-7,10,14,16H,8-9,11-13H2,1-3H3. The fourth-order valence-electron chi connectivity index (χ4n) is 3.23. The zero-order valence-electron chi connectivity index (χ0n) is 15.6. The Balaban J connectivity index is 1.64. The van der Waals surface area contributed by atoms with Crippen molar-refractivity contribution in [2.24, 2.45) is 5.92 Å². The third kappa shape index (κ3) is 4.51. The van der Waals surface area contributed by atoms with Crippen molar-refractivity contribution in [3.63, 3.8) is 0 Å². The Bertz CT molecular complexity index is 763. The van der Waals surface area contributed by atoms with E-state index in [2.05, 4.69) is 23.7 Å². The molecule has 1 aliphatic heterocycles. The second kappa shape index (κ2) is 8.47. The molecule has 1 fully saturated rings. The molecule has 6 nitrogen and oxygen atoms in total. The molecule has 3 rings (SSSR count). The monoisotopic (exact) mass is 358 g/mol. The first-order chi connectivity index (χ1) is 12.6. The Hall–Kier alpha value is -2.18. The topological polar surface area (TPSA) is 60.9 Å². The SMILES string of the molecule is COc1nc(C(=O)OCC2CN(CC(C)C)CCO2)cc2ccccc12. The molecule has 0 radical (unpaired) electrons. The van der Waals surface area contributed by atoms with Gasteiger partial charge < -0.3 is 14.2 Å². The number of carbonyl (C=O) groups is 1. The lowest BCUT2D eigenvalue weighted by Crippen LogP contribution is -2.45. The summed E-state index contributed by atoms with van der Waals surface area (Å²) in [5, 5.41) is 1.76. The Labute approximate surface area is 154 Å². The molecule has 0 amide bonds. The molecule has 26 heavy (non-hydrogen) atoms. The van der Waals surface area contributed by atoms with E-state index >= 15 is 0 Å². The van der Waals surface area contributed by atoms with E-state index < -0.39 is 5.97 Å². The van der Waals surface area contributed by atoms with Crippen LogP contribution in [0, 0.1) is 5.92 Å². The van der Waals surface area contributed by atoms with Crippen LogP contribution in [0.1, 0.15) is 24.3 Å². The highest BCUT2D eigenvalue weighted by molar-refractivity contribution is 5.95. The predicted molar refractivity (Wildman–Crippen MR) is 99.6 cm³/mol. The van der Waals surface area contributed by atoms with Gasteiger partial charge in [0.15, 0.2) is 5.69 Å². The Morgan fingerprint density at radius 3 is 2.96 bits per heavy atom. The van der Waals surface area contributed by atoms with Gasteiger partial charge in [0.1, 0.15) is 12.7 Å². The summed E-state index contributed by atoms with van der Waals surface area (Å²) in [5.41, 5.74) is 0.246. The summed E-state index contributed by atoms with van der Waals surface area (Å²) < 4.78 is 16.5. The molecule has 0 spiro atoms. The van der Waals surface area contributed by atoms with Crippen LogP contribution in [0.4, 0.5) is 0 Å². The lowest BCUT2D eigenvalue weighted by Gasteiger charge is -2.33. The van der Waals surface area contributed by atoms with Crippen molar-refractivity contribution in [1.82, 2.24) is 9.88 Å². The lowest BCUT2D eigenvalue weighted by molar-refractivity contribution is -0.0613. The van der Waals surface area contributed by atoms with Gasteiger partial charge in [-0.05, 0) is 23.4 Å². The summed E-state index contributed by atoms with van der Waals surface area (Å²) in [6.07, 6.45) is -0.103. The quantitative estimate of drug-likeness (QED) is 0.740. The van der Waals surface area contributed by atoms with Crippen molar-refractivity contribution in [3.8, 4) is 5.88 Å². The summed E-state index contributed by atoms with van der Waals surface area (Å²) >= 11 is 0. The number of pyridine rings is 1. The van der Waals surface area contributed by atoms with Crippen LogP contribution in [0.15, 0.2) is 30.3 Å². The Morgan fingerprint density at radius 2 is 2.19 bits per heavy atom. The van der Waals surface area contributed by atoms with Gasteiger partial charge in [-0.1, -0.05) is 32.0 Å². The van der Waals surface area contributed by atoms with E-state index in [4.69, 9.17) is 14.2 Å². The minimum absolute atomic E-state index is 0.103. The van der Waals surface area contributed by atoms with E-state index in [1.54, 1.807) is 13.2 Å². The van der Waals surface area contributed by atoms with E-state index in [1.807, 2.05) is 24.3 Å². The number of aromatic nitrogens is 1. The molecule has 1 saturated heterocycles. The number of morpholine rings is 1. The molecule has 1 atom stereocenters. The molecule has 0 saturated carbocycles. The molecule has 0 bridgehead atoms. The smallest absolute Gasteiger partial charge is 0.357 e. The second-order valence-corrected chi connectivity index (χ2v) is 6.98. The van der Waals surface area contributed by atoms with Gasteiger partial charge >= 0.3 is 5.97 Å². The van der Waals surface area contributed by atoms with Crippen molar-refractivity contribution in [1.29, 1.82) is 0 Å². The molecule has 6 heteroatoms. The van der Waals surface area contributed by atoms with Crippen LogP contribution in [-0.4, -0.2) is 61.9 Å². The van der Waals surface area contributed by atoms with Crippen LogP contribution in [0.2, 0.25) is 0 Å². The number of rotatable bonds is 6. The molecular weight excluding hydrogens is 332 g/mol. The normalized spacial score (nSPS) is 18.2. The first kappa shape index (κ1) is 18.6. The Morgan fingerprint density at radius 1 is 1.38 bits per heavy atom. The van der Waals surface area contributed by atoms with Crippen LogP contribution in [0.25, 0.3) is 10.8 Å². The van der Waals surface area contributed by atoms with Gasteiger partial charge in [0.05, 0.1) is 13.7 Å². The highest BCUT2D eigenvalue weighted by atomic mass is 16.6. The van der Waals surface area contributed by atoms with Gasteiger partial charge in [0.2, 0.25) is 5.88 Å².